The summed E-state index contributed by atoms with van der Waals surface area (Å²) in [5.41, 5.74) is -0.620. The van der Waals surface area contributed by atoms with Gasteiger partial charge in [0.1, 0.15) is 0 Å². The van der Waals surface area contributed by atoms with Gasteiger partial charge in [-0.15, -0.1) is 0 Å². The van der Waals surface area contributed by atoms with Crippen molar-refractivity contribution < 1.29 is 22.7 Å². The lowest BCUT2D eigenvalue weighted by Gasteiger charge is -2.24. The van der Waals surface area contributed by atoms with Crippen LogP contribution >= 0.6 is 0 Å². The fourth-order valence-corrected chi connectivity index (χ4v) is 2.48. The van der Waals surface area contributed by atoms with E-state index in [2.05, 4.69) is 10.1 Å². The van der Waals surface area contributed by atoms with Gasteiger partial charge in [0.2, 0.25) is 0 Å². The number of piperidine rings is 1. The van der Waals surface area contributed by atoms with E-state index in [-0.39, 0.29) is 5.92 Å². The van der Waals surface area contributed by atoms with Gasteiger partial charge in [-0.25, -0.2) is 4.79 Å². The Labute approximate surface area is 115 Å². The number of halogens is 3. The van der Waals surface area contributed by atoms with Gasteiger partial charge in [0, 0.05) is 6.54 Å². The summed E-state index contributed by atoms with van der Waals surface area (Å²) in [5.74, 6) is -0.822. The van der Waals surface area contributed by atoms with E-state index in [4.69, 9.17) is 0 Å². The first kappa shape index (κ1) is 14.8. The number of carbonyl (C=O) groups is 1. The highest BCUT2D eigenvalue weighted by atomic mass is 19.4. The number of ether oxygens (including phenoxy) is 1. The minimum Gasteiger partial charge on any atom is -0.465 e. The molecule has 1 heterocycles. The third-order valence-electron chi connectivity index (χ3n) is 3.52. The van der Waals surface area contributed by atoms with Crippen LogP contribution in [-0.4, -0.2) is 26.2 Å². The molecule has 0 aromatic heterocycles. The number of nitrogens with one attached hydrogen (secondary N) is 1. The molecular formula is C14H16F3NO2. The molecule has 1 aliphatic rings. The third kappa shape index (κ3) is 3.12. The van der Waals surface area contributed by atoms with Crippen LogP contribution in [0.4, 0.5) is 13.2 Å². The van der Waals surface area contributed by atoms with Gasteiger partial charge in [-0.1, -0.05) is 6.07 Å². The van der Waals surface area contributed by atoms with Crippen LogP contribution in [0.2, 0.25) is 0 Å². The molecule has 6 heteroatoms. The minimum absolute atomic E-state index is 0.134. The number of alkyl halides is 3. The summed E-state index contributed by atoms with van der Waals surface area (Å²) < 4.78 is 43.2. The maximum absolute atomic E-state index is 12.9. The van der Waals surface area contributed by atoms with Crippen molar-refractivity contribution in [2.24, 2.45) is 0 Å². The molecule has 0 radical (unpaired) electrons. The van der Waals surface area contributed by atoms with Crippen LogP contribution < -0.4 is 5.32 Å². The number of rotatable bonds is 2. The SMILES string of the molecule is COC(=O)c1cc(C2CCCNC2)ccc1C(F)(F)F. The van der Waals surface area contributed by atoms with E-state index >= 15 is 0 Å². The van der Waals surface area contributed by atoms with E-state index in [0.29, 0.717) is 6.54 Å². The number of hydrogen-bond donors (Lipinski definition) is 1. The average Bonchev–Trinajstić information content (AvgIpc) is 2.45. The summed E-state index contributed by atoms with van der Waals surface area (Å²) in [6, 6.07) is 3.73. The van der Waals surface area contributed by atoms with Gasteiger partial charge in [-0.3, -0.25) is 0 Å². The Kier molecular flexibility index (Phi) is 4.32. The standard InChI is InChI=1S/C14H16F3NO2/c1-20-13(19)11-7-9(10-3-2-6-18-8-10)4-5-12(11)14(15,16)17/h4-5,7,10,18H,2-3,6,8H2,1H3. The molecule has 0 amide bonds. The molecular weight excluding hydrogens is 271 g/mol. The van der Waals surface area contributed by atoms with Crippen molar-refractivity contribution in [3.05, 3.63) is 34.9 Å². The maximum atomic E-state index is 12.9. The van der Waals surface area contributed by atoms with E-state index in [1.807, 2.05) is 0 Å². The number of benzene rings is 1. The summed E-state index contributed by atoms with van der Waals surface area (Å²) in [7, 11) is 1.08. The molecule has 20 heavy (non-hydrogen) atoms. The third-order valence-corrected chi connectivity index (χ3v) is 3.52. The Morgan fingerprint density at radius 2 is 2.15 bits per heavy atom. The molecule has 1 atom stereocenters. The van der Waals surface area contributed by atoms with Crippen molar-refractivity contribution in [2.75, 3.05) is 20.2 Å². The molecule has 1 N–H and O–H groups in total. The monoisotopic (exact) mass is 287 g/mol. The molecule has 0 saturated carbocycles. The van der Waals surface area contributed by atoms with Gasteiger partial charge in [0.25, 0.3) is 0 Å². The summed E-state index contributed by atoms with van der Waals surface area (Å²) >= 11 is 0. The highest BCUT2D eigenvalue weighted by Gasteiger charge is 2.36. The predicted octanol–water partition coefficient (Wildman–Crippen LogP) is 2.96. The molecule has 1 aliphatic heterocycles. The normalized spacial score (nSPS) is 19.7. The van der Waals surface area contributed by atoms with Crippen LogP contribution in [0, 0.1) is 0 Å². The Bertz CT molecular complexity index is 494. The fraction of sp³-hybridized carbons (Fsp3) is 0.500. The second-order valence-electron chi connectivity index (χ2n) is 4.84. The first-order chi connectivity index (χ1) is 9.43. The summed E-state index contributed by atoms with van der Waals surface area (Å²) in [6.07, 6.45) is -2.69. The lowest BCUT2D eigenvalue weighted by Crippen LogP contribution is -2.28. The zero-order valence-corrected chi connectivity index (χ0v) is 11.1. The van der Waals surface area contributed by atoms with Crippen molar-refractivity contribution in [1.82, 2.24) is 5.32 Å². The molecule has 0 bridgehead atoms. The van der Waals surface area contributed by atoms with Gasteiger partial charge >= 0.3 is 12.1 Å². The quantitative estimate of drug-likeness (QED) is 0.850. The predicted molar refractivity (Wildman–Crippen MR) is 67.6 cm³/mol. The largest absolute Gasteiger partial charge is 0.465 e. The van der Waals surface area contributed by atoms with Gasteiger partial charge < -0.3 is 10.1 Å². The van der Waals surface area contributed by atoms with E-state index in [0.717, 1.165) is 38.1 Å². The summed E-state index contributed by atoms with van der Waals surface area (Å²) in [4.78, 5) is 11.6. The molecule has 110 valence electrons. The fourth-order valence-electron chi connectivity index (χ4n) is 2.48. The second kappa shape index (κ2) is 5.83. The molecule has 3 nitrogen and oxygen atoms in total. The number of carbonyl (C=O) groups excluding carboxylic acids is 1. The van der Waals surface area contributed by atoms with Gasteiger partial charge in [-0.05, 0) is 43.0 Å². The van der Waals surface area contributed by atoms with Crippen LogP contribution in [0.15, 0.2) is 18.2 Å². The van der Waals surface area contributed by atoms with Crippen molar-refractivity contribution in [2.45, 2.75) is 24.9 Å². The summed E-state index contributed by atoms with van der Waals surface area (Å²) in [6.45, 7) is 1.63. The molecule has 2 rings (SSSR count). The maximum Gasteiger partial charge on any atom is 0.417 e. The first-order valence-electron chi connectivity index (χ1n) is 6.43. The topological polar surface area (TPSA) is 38.3 Å². The van der Waals surface area contributed by atoms with Crippen LogP contribution in [0.25, 0.3) is 0 Å². The Morgan fingerprint density at radius 1 is 1.40 bits per heavy atom. The van der Waals surface area contributed by atoms with Gasteiger partial charge in [0.05, 0.1) is 18.2 Å². The highest BCUT2D eigenvalue weighted by molar-refractivity contribution is 5.91. The van der Waals surface area contributed by atoms with Gasteiger partial charge in [0.15, 0.2) is 0 Å². The van der Waals surface area contributed by atoms with Gasteiger partial charge in [-0.2, -0.15) is 13.2 Å². The smallest absolute Gasteiger partial charge is 0.417 e. The zero-order valence-electron chi connectivity index (χ0n) is 11.1. The lowest BCUT2D eigenvalue weighted by atomic mass is 9.89. The van der Waals surface area contributed by atoms with Crippen molar-refractivity contribution in [1.29, 1.82) is 0 Å². The van der Waals surface area contributed by atoms with Crippen LogP contribution in [0.3, 0.4) is 0 Å². The minimum atomic E-state index is -4.56. The molecule has 0 spiro atoms. The average molecular weight is 287 g/mol. The van der Waals surface area contributed by atoms with Crippen LogP contribution in [0.5, 0.6) is 0 Å². The van der Waals surface area contributed by atoms with E-state index in [1.165, 1.54) is 12.1 Å². The van der Waals surface area contributed by atoms with E-state index in [1.54, 1.807) is 0 Å². The number of esters is 1. The molecule has 0 aliphatic carbocycles. The molecule has 1 unspecified atom stereocenters. The van der Waals surface area contributed by atoms with E-state index < -0.39 is 23.3 Å². The molecule has 1 fully saturated rings. The van der Waals surface area contributed by atoms with Crippen LogP contribution in [-0.2, 0) is 10.9 Å². The molecule has 1 aromatic rings. The van der Waals surface area contributed by atoms with Crippen LogP contribution in [0.1, 0.15) is 40.2 Å². The van der Waals surface area contributed by atoms with Crippen molar-refractivity contribution >= 4 is 5.97 Å². The zero-order chi connectivity index (χ0) is 14.8. The Morgan fingerprint density at radius 3 is 2.70 bits per heavy atom. The second-order valence-corrected chi connectivity index (χ2v) is 4.84. The lowest BCUT2D eigenvalue weighted by molar-refractivity contribution is -0.138. The molecule has 1 aromatic carbocycles. The van der Waals surface area contributed by atoms with Crippen molar-refractivity contribution in [3.8, 4) is 0 Å². The van der Waals surface area contributed by atoms with Crippen molar-refractivity contribution in [3.63, 3.8) is 0 Å². The number of hydrogen-bond acceptors (Lipinski definition) is 3. The summed E-state index contributed by atoms with van der Waals surface area (Å²) in [5, 5.41) is 3.20. The Balaban J connectivity index is 2.40. The molecule has 1 saturated heterocycles. The van der Waals surface area contributed by atoms with E-state index in [9.17, 15) is 18.0 Å². The Hall–Kier alpha value is -1.56. The first-order valence-corrected chi connectivity index (χ1v) is 6.43. The highest BCUT2D eigenvalue weighted by Crippen LogP contribution is 2.34. The number of methoxy groups -OCH3 is 1.